The molecule has 0 amide bonds. The summed E-state index contributed by atoms with van der Waals surface area (Å²) in [6.45, 7) is 0. The second-order valence-electron chi connectivity index (χ2n) is 4.75. The van der Waals surface area contributed by atoms with Gasteiger partial charge in [-0.25, -0.2) is 13.8 Å². The highest BCUT2D eigenvalue weighted by Crippen LogP contribution is 2.26. The van der Waals surface area contributed by atoms with Gasteiger partial charge in [0.05, 0.1) is 6.20 Å². The standard InChI is InChI=1S/C14H7F2N7O/c15-9-1-2-11(17-6-9)13-18-14(24-21-13)8-3-7(4-10(16)5-8)12-19-22-23-20-12/h1-6H,(H,19,20,22,23). The highest BCUT2D eigenvalue weighted by molar-refractivity contribution is 5.66. The van der Waals surface area contributed by atoms with E-state index in [1.54, 1.807) is 6.07 Å². The zero-order valence-corrected chi connectivity index (χ0v) is 11.8. The van der Waals surface area contributed by atoms with Crippen LogP contribution in [0.15, 0.2) is 41.1 Å². The first-order valence-corrected chi connectivity index (χ1v) is 6.69. The van der Waals surface area contributed by atoms with E-state index < -0.39 is 11.6 Å². The molecule has 0 aliphatic heterocycles. The lowest BCUT2D eigenvalue weighted by Crippen LogP contribution is -1.88. The summed E-state index contributed by atoms with van der Waals surface area (Å²) in [5.74, 6) is -0.518. The Hall–Kier alpha value is -3.56. The van der Waals surface area contributed by atoms with Crippen molar-refractivity contribution in [3.8, 4) is 34.4 Å². The molecule has 1 N–H and O–H groups in total. The van der Waals surface area contributed by atoms with Crippen molar-refractivity contribution in [3.63, 3.8) is 0 Å². The Labute approximate surface area is 132 Å². The Morgan fingerprint density at radius 1 is 0.958 bits per heavy atom. The summed E-state index contributed by atoms with van der Waals surface area (Å²) in [5, 5.41) is 17.1. The molecule has 0 atom stereocenters. The molecule has 8 nitrogen and oxygen atoms in total. The first-order valence-electron chi connectivity index (χ1n) is 6.69. The fourth-order valence-corrected chi connectivity index (χ4v) is 2.08. The third kappa shape index (κ3) is 2.60. The molecule has 0 unspecified atom stereocenters. The van der Waals surface area contributed by atoms with E-state index in [0.717, 1.165) is 6.20 Å². The number of nitrogens with one attached hydrogen (secondary N) is 1. The third-order valence-corrected chi connectivity index (χ3v) is 3.13. The lowest BCUT2D eigenvalue weighted by atomic mass is 10.1. The van der Waals surface area contributed by atoms with Crippen molar-refractivity contribution in [2.24, 2.45) is 0 Å². The van der Waals surface area contributed by atoms with Crippen LogP contribution in [0.4, 0.5) is 8.78 Å². The predicted octanol–water partition coefficient (Wildman–Crippen LogP) is 2.26. The second-order valence-corrected chi connectivity index (χ2v) is 4.75. The highest BCUT2D eigenvalue weighted by atomic mass is 19.1. The van der Waals surface area contributed by atoms with E-state index in [2.05, 4.69) is 35.7 Å². The van der Waals surface area contributed by atoms with Gasteiger partial charge < -0.3 is 4.52 Å². The van der Waals surface area contributed by atoms with Crippen LogP contribution < -0.4 is 0 Å². The Morgan fingerprint density at radius 3 is 2.58 bits per heavy atom. The Kier molecular flexibility index (Phi) is 3.26. The number of rotatable bonds is 3. The van der Waals surface area contributed by atoms with Crippen LogP contribution in [0.1, 0.15) is 0 Å². The van der Waals surface area contributed by atoms with E-state index in [-0.39, 0.29) is 17.5 Å². The molecule has 24 heavy (non-hydrogen) atoms. The summed E-state index contributed by atoms with van der Waals surface area (Å²) in [6, 6.07) is 6.73. The fourth-order valence-electron chi connectivity index (χ4n) is 2.08. The minimum absolute atomic E-state index is 0.0837. The van der Waals surface area contributed by atoms with Crippen LogP contribution in [0.3, 0.4) is 0 Å². The third-order valence-electron chi connectivity index (χ3n) is 3.13. The molecule has 0 aliphatic rings. The van der Waals surface area contributed by atoms with Crippen LogP contribution in [-0.2, 0) is 0 Å². The molecular weight excluding hydrogens is 320 g/mol. The van der Waals surface area contributed by atoms with E-state index in [9.17, 15) is 8.78 Å². The fraction of sp³-hybridized carbons (Fsp3) is 0. The van der Waals surface area contributed by atoms with E-state index in [1.165, 1.54) is 24.3 Å². The number of aromatic nitrogens is 7. The van der Waals surface area contributed by atoms with Crippen molar-refractivity contribution in [2.75, 3.05) is 0 Å². The van der Waals surface area contributed by atoms with Crippen molar-refractivity contribution >= 4 is 0 Å². The van der Waals surface area contributed by atoms with Crippen LogP contribution >= 0.6 is 0 Å². The van der Waals surface area contributed by atoms with Crippen molar-refractivity contribution < 1.29 is 13.3 Å². The van der Waals surface area contributed by atoms with Gasteiger partial charge in [0, 0.05) is 11.1 Å². The Balaban J connectivity index is 1.73. The SMILES string of the molecule is Fc1ccc(-c2noc(-c3cc(F)cc(-c4nn[nH]n4)c3)n2)nc1. The number of hydrogen-bond acceptors (Lipinski definition) is 7. The van der Waals surface area contributed by atoms with Gasteiger partial charge in [0.1, 0.15) is 17.3 Å². The van der Waals surface area contributed by atoms with Crippen molar-refractivity contribution in [2.45, 2.75) is 0 Å². The minimum atomic E-state index is -0.521. The molecule has 4 aromatic rings. The van der Waals surface area contributed by atoms with Gasteiger partial charge in [-0.05, 0) is 35.5 Å². The summed E-state index contributed by atoms with van der Waals surface area (Å²) in [7, 11) is 0. The molecule has 4 rings (SSSR count). The van der Waals surface area contributed by atoms with Crippen molar-refractivity contribution in [3.05, 3.63) is 48.2 Å². The topological polar surface area (TPSA) is 106 Å². The summed E-state index contributed by atoms with van der Waals surface area (Å²) < 4.78 is 31.9. The van der Waals surface area contributed by atoms with Crippen molar-refractivity contribution in [1.29, 1.82) is 0 Å². The molecule has 3 aromatic heterocycles. The van der Waals surface area contributed by atoms with Gasteiger partial charge in [-0.3, -0.25) is 0 Å². The average molecular weight is 327 g/mol. The van der Waals surface area contributed by atoms with Crippen LogP contribution in [0.25, 0.3) is 34.4 Å². The highest BCUT2D eigenvalue weighted by Gasteiger charge is 2.15. The molecular formula is C14H7F2N7O. The maximum atomic E-state index is 13.8. The largest absolute Gasteiger partial charge is 0.334 e. The van der Waals surface area contributed by atoms with Gasteiger partial charge in [0.15, 0.2) is 0 Å². The number of benzene rings is 1. The lowest BCUT2D eigenvalue weighted by Gasteiger charge is -1.99. The van der Waals surface area contributed by atoms with Gasteiger partial charge >= 0.3 is 0 Å². The molecule has 1 aromatic carbocycles. The average Bonchev–Trinajstić information content (AvgIpc) is 3.27. The maximum Gasteiger partial charge on any atom is 0.258 e. The normalized spacial score (nSPS) is 10.9. The van der Waals surface area contributed by atoms with Gasteiger partial charge in [0.25, 0.3) is 5.89 Å². The summed E-state index contributed by atoms with van der Waals surface area (Å²) >= 11 is 0. The van der Waals surface area contributed by atoms with E-state index >= 15 is 0 Å². The second kappa shape index (κ2) is 5.57. The van der Waals surface area contributed by atoms with Crippen molar-refractivity contribution in [1.82, 2.24) is 35.7 Å². The Morgan fingerprint density at radius 2 is 1.83 bits per heavy atom. The molecule has 118 valence electrons. The molecule has 0 bridgehead atoms. The molecule has 3 heterocycles. The smallest absolute Gasteiger partial charge is 0.258 e. The molecule has 0 radical (unpaired) electrons. The number of tetrazole rings is 1. The van der Waals surface area contributed by atoms with E-state index in [1.807, 2.05) is 0 Å². The van der Waals surface area contributed by atoms with Crippen LogP contribution in [0, 0.1) is 11.6 Å². The van der Waals surface area contributed by atoms with Gasteiger partial charge in [-0.1, -0.05) is 5.16 Å². The van der Waals surface area contributed by atoms with Gasteiger partial charge in [0.2, 0.25) is 11.6 Å². The molecule has 0 fully saturated rings. The van der Waals surface area contributed by atoms with Crippen LogP contribution in [0.2, 0.25) is 0 Å². The zero-order valence-electron chi connectivity index (χ0n) is 11.8. The first-order chi connectivity index (χ1) is 11.7. The molecule has 0 spiro atoms. The minimum Gasteiger partial charge on any atom is -0.334 e. The number of H-pyrrole nitrogens is 1. The van der Waals surface area contributed by atoms with Crippen LogP contribution in [-0.4, -0.2) is 35.7 Å². The Bertz CT molecular complexity index is 983. The molecule has 0 aliphatic carbocycles. The maximum absolute atomic E-state index is 13.8. The van der Waals surface area contributed by atoms with E-state index in [4.69, 9.17) is 4.52 Å². The number of nitrogens with zero attached hydrogens (tertiary/aromatic N) is 6. The molecule has 0 saturated carbocycles. The summed E-state index contributed by atoms with van der Waals surface area (Å²) in [6.07, 6.45) is 1.04. The van der Waals surface area contributed by atoms with E-state index in [0.29, 0.717) is 16.8 Å². The quantitative estimate of drug-likeness (QED) is 0.615. The predicted molar refractivity (Wildman–Crippen MR) is 76.1 cm³/mol. The summed E-state index contributed by atoms with van der Waals surface area (Å²) in [5.41, 5.74) is 1.08. The number of pyridine rings is 1. The number of halogens is 2. The first kappa shape index (κ1) is 14.1. The van der Waals surface area contributed by atoms with Gasteiger partial charge in [-0.15, -0.1) is 10.2 Å². The molecule has 10 heteroatoms. The summed E-state index contributed by atoms with van der Waals surface area (Å²) in [4.78, 5) is 8.02. The zero-order chi connectivity index (χ0) is 16.5. The number of hydrogen-bond donors (Lipinski definition) is 1. The monoisotopic (exact) mass is 327 g/mol. The van der Waals surface area contributed by atoms with Gasteiger partial charge in [-0.2, -0.15) is 10.2 Å². The molecule has 0 saturated heterocycles. The lowest BCUT2D eigenvalue weighted by molar-refractivity contribution is 0.432. The van der Waals surface area contributed by atoms with Crippen LogP contribution in [0.5, 0.6) is 0 Å². The number of aromatic amines is 1.